The van der Waals surface area contributed by atoms with Crippen LogP contribution in [0.3, 0.4) is 0 Å². The van der Waals surface area contributed by atoms with Crippen molar-refractivity contribution in [1.29, 1.82) is 0 Å². The molecule has 8 heteroatoms. The van der Waals surface area contributed by atoms with Gasteiger partial charge in [-0.3, -0.25) is 4.99 Å². The van der Waals surface area contributed by atoms with E-state index >= 15 is 0 Å². The van der Waals surface area contributed by atoms with Crippen LogP contribution in [0.5, 0.6) is 0 Å². The maximum absolute atomic E-state index is 11.5. The van der Waals surface area contributed by atoms with Crippen LogP contribution in [-0.4, -0.2) is 56.5 Å². The van der Waals surface area contributed by atoms with Gasteiger partial charge in [-0.15, -0.1) is 0 Å². The van der Waals surface area contributed by atoms with Gasteiger partial charge in [-0.1, -0.05) is 0 Å². The Kier molecular flexibility index (Phi) is 5.45. The first-order valence-electron chi connectivity index (χ1n) is 7.54. The second kappa shape index (κ2) is 6.84. The zero-order valence-corrected chi connectivity index (χ0v) is 16.5. The van der Waals surface area contributed by atoms with Crippen LogP contribution in [0.25, 0.3) is 0 Å². The Morgan fingerprint density at radius 1 is 1.52 bits per heavy atom. The predicted molar refractivity (Wildman–Crippen MR) is 97.3 cm³/mol. The van der Waals surface area contributed by atoms with Gasteiger partial charge in [0.1, 0.15) is 9.84 Å². The Balaban J connectivity index is 1.94. The molecule has 1 aliphatic carbocycles. The molecule has 6 nitrogen and oxygen atoms in total. The molecule has 1 N–H and O–H groups in total. The van der Waals surface area contributed by atoms with E-state index in [9.17, 15) is 8.42 Å². The molecule has 1 aliphatic rings. The van der Waals surface area contributed by atoms with Gasteiger partial charge in [-0.2, -0.15) is 0 Å². The summed E-state index contributed by atoms with van der Waals surface area (Å²) in [6.45, 7) is 1.37. The molecule has 2 rings (SSSR count). The fourth-order valence-corrected chi connectivity index (χ4v) is 4.87. The van der Waals surface area contributed by atoms with E-state index in [0.29, 0.717) is 6.54 Å². The lowest BCUT2D eigenvalue weighted by Crippen LogP contribution is -2.42. The van der Waals surface area contributed by atoms with Crippen molar-refractivity contribution < 1.29 is 8.42 Å². The van der Waals surface area contributed by atoms with E-state index in [2.05, 4.69) is 36.9 Å². The van der Waals surface area contributed by atoms with Gasteiger partial charge in [0.15, 0.2) is 5.96 Å². The van der Waals surface area contributed by atoms with E-state index in [0.717, 1.165) is 29.8 Å². The number of hydrogen-bond acceptors (Lipinski definition) is 3. The monoisotopic (exact) mass is 404 g/mol. The van der Waals surface area contributed by atoms with Crippen LogP contribution in [0.15, 0.2) is 21.7 Å². The summed E-state index contributed by atoms with van der Waals surface area (Å²) >= 11 is 3.48. The summed E-state index contributed by atoms with van der Waals surface area (Å²) in [4.78, 5) is 6.35. The third kappa shape index (κ3) is 5.24. The first-order valence-corrected chi connectivity index (χ1v) is 10.4. The summed E-state index contributed by atoms with van der Waals surface area (Å²) in [5.41, 5.74) is 1.05. The molecule has 1 fully saturated rings. The highest BCUT2D eigenvalue weighted by molar-refractivity contribution is 9.10. The number of sulfone groups is 1. The van der Waals surface area contributed by atoms with Crippen molar-refractivity contribution in [2.24, 2.45) is 17.5 Å². The number of rotatable bonds is 6. The molecule has 0 amide bonds. The molecular weight excluding hydrogens is 380 g/mol. The SMILES string of the molecule is CN=C(NCC1(CS(C)(=O)=O)CC1)N(C)Cc1cc(Br)cn1C. The Bertz CT molecular complexity index is 692. The predicted octanol–water partition coefficient (Wildman–Crippen LogP) is 1.62. The summed E-state index contributed by atoms with van der Waals surface area (Å²) in [6.07, 6.45) is 5.24. The average Bonchev–Trinajstić information content (AvgIpc) is 3.08. The minimum absolute atomic E-state index is 0.113. The molecule has 0 aliphatic heterocycles. The Morgan fingerprint density at radius 3 is 2.61 bits per heavy atom. The largest absolute Gasteiger partial charge is 0.356 e. The number of nitrogens with zero attached hydrogens (tertiary/aromatic N) is 3. The van der Waals surface area contributed by atoms with E-state index < -0.39 is 9.84 Å². The van der Waals surface area contributed by atoms with E-state index in [1.54, 1.807) is 7.05 Å². The molecule has 0 atom stereocenters. The molecule has 1 heterocycles. The second-order valence-corrected chi connectivity index (χ2v) is 9.64. The third-order valence-corrected chi connectivity index (χ3v) is 5.76. The molecule has 1 aromatic rings. The van der Waals surface area contributed by atoms with Gasteiger partial charge in [0, 0.05) is 55.7 Å². The molecule has 1 aromatic heterocycles. The Morgan fingerprint density at radius 2 is 2.17 bits per heavy atom. The quantitative estimate of drug-likeness (QED) is 0.577. The van der Waals surface area contributed by atoms with Crippen LogP contribution in [0.4, 0.5) is 0 Å². The lowest BCUT2D eigenvalue weighted by atomic mass is 10.1. The van der Waals surface area contributed by atoms with Crippen LogP contribution in [0, 0.1) is 5.41 Å². The summed E-state index contributed by atoms with van der Waals surface area (Å²) in [6, 6.07) is 2.08. The van der Waals surface area contributed by atoms with Gasteiger partial charge in [0.2, 0.25) is 0 Å². The number of aromatic nitrogens is 1. The Hall–Kier alpha value is -1.02. The smallest absolute Gasteiger partial charge is 0.193 e. The molecular formula is C15H25BrN4O2S. The molecule has 0 unspecified atom stereocenters. The zero-order chi connectivity index (χ0) is 17.3. The molecule has 130 valence electrons. The number of nitrogens with one attached hydrogen (secondary N) is 1. The lowest BCUT2D eigenvalue weighted by molar-refractivity contribution is 0.446. The highest BCUT2D eigenvalue weighted by atomic mass is 79.9. The third-order valence-electron chi connectivity index (χ3n) is 4.19. The van der Waals surface area contributed by atoms with E-state index in [4.69, 9.17) is 0 Å². The summed E-state index contributed by atoms with van der Waals surface area (Å²) in [5.74, 6) is 1.03. The molecule has 23 heavy (non-hydrogen) atoms. The molecule has 1 saturated carbocycles. The van der Waals surface area contributed by atoms with Crippen molar-refractivity contribution in [1.82, 2.24) is 14.8 Å². The number of halogens is 1. The molecule has 0 aromatic carbocycles. The van der Waals surface area contributed by atoms with Crippen molar-refractivity contribution in [2.75, 3.05) is 32.6 Å². The van der Waals surface area contributed by atoms with Gasteiger partial charge in [0.25, 0.3) is 0 Å². The highest BCUT2D eigenvalue weighted by Crippen LogP contribution is 2.46. The number of hydrogen-bond donors (Lipinski definition) is 1. The van der Waals surface area contributed by atoms with Crippen molar-refractivity contribution in [2.45, 2.75) is 19.4 Å². The van der Waals surface area contributed by atoms with Crippen LogP contribution in [-0.2, 0) is 23.4 Å². The molecule has 0 spiro atoms. The first-order chi connectivity index (χ1) is 10.6. The highest BCUT2D eigenvalue weighted by Gasteiger charge is 2.45. The molecule has 0 saturated heterocycles. The van der Waals surface area contributed by atoms with Crippen molar-refractivity contribution in [3.05, 3.63) is 22.4 Å². The molecule has 0 bridgehead atoms. The lowest BCUT2D eigenvalue weighted by Gasteiger charge is -2.24. The van der Waals surface area contributed by atoms with Gasteiger partial charge < -0.3 is 14.8 Å². The number of guanidine groups is 1. The van der Waals surface area contributed by atoms with E-state index in [-0.39, 0.29) is 11.2 Å². The number of aliphatic imine (C=N–C) groups is 1. The molecule has 0 radical (unpaired) electrons. The van der Waals surface area contributed by atoms with Gasteiger partial charge in [0.05, 0.1) is 12.3 Å². The number of aryl methyl sites for hydroxylation is 1. The van der Waals surface area contributed by atoms with Crippen LogP contribution >= 0.6 is 15.9 Å². The minimum Gasteiger partial charge on any atom is -0.356 e. The summed E-state index contributed by atoms with van der Waals surface area (Å²) in [5, 5.41) is 3.33. The summed E-state index contributed by atoms with van der Waals surface area (Å²) < 4.78 is 26.2. The van der Waals surface area contributed by atoms with Gasteiger partial charge in [-0.25, -0.2) is 8.42 Å². The zero-order valence-electron chi connectivity index (χ0n) is 14.1. The minimum atomic E-state index is -2.95. The van der Waals surface area contributed by atoms with Crippen molar-refractivity contribution in [3.8, 4) is 0 Å². The standard InChI is InChI=1S/C15H25BrN4O2S/c1-17-14(18-10-15(5-6-15)11-23(4,21)22)20(3)9-13-7-12(16)8-19(13)2/h7-8H,5-6,9-11H2,1-4H3,(H,17,18). The van der Waals surface area contributed by atoms with Crippen LogP contribution < -0.4 is 5.32 Å². The van der Waals surface area contributed by atoms with Gasteiger partial charge >= 0.3 is 0 Å². The fourth-order valence-electron chi connectivity index (χ4n) is 2.80. The maximum Gasteiger partial charge on any atom is 0.193 e. The first kappa shape index (κ1) is 18.3. The normalized spacial score (nSPS) is 17.2. The van der Waals surface area contributed by atoms with E-state index in [1.807, 2.05) is 25.2 Å². The van der Waals surface area contributed by atoms with Crippen molar-refractivity contribution >= 4 is 31.7 Å². The Labute approximate surface area is 147 Å². The second-order valence-electron chi connectivity index (χ2n) is 6.59. The maximum atomic E-state index is 11.5. The topological polar surface area (TPSA) is 66.7 Å². The average molecular weight is 405 g/mol. The van der Waals surface area contributed by atoms with Gasteiger partial charge in [-0.05, 0) is 34.8 Å². The summed E-state index contributed by atoms with van der Waals surface area (Å²) in [7, 11) is 2.79. The van der Waals surface area contributed by atoms with Crippen LogP contribution in [0.1, 0.15) is 18.5 Å². The van der Waals surface area contributed by atoms with E-state index in [1.165, 1.54) is 11.9 Å². The fraction of sp³-hybridized carbons (Fsp3) is 0.667. The van der Waals surface area contributed by atoms with Crippen LogP contribution in [0.2, 0.25) is 0 Å². The van der Waals surface area contributed by atoms with Crippen molar-refractivity contribution in [3.63, 3.8) is 0 Å².